The topological polar surface area (TPSA) is 48.0 Å². The van der Waals surface area contributed by atoms with Crippen LogP contribution in [0.15, 0.2) is 42.5 Å². The number of methoxy groups -OCH3 is 2. The number of benzene rings is 2. The van der Waals surface area contributed by atoms with Gasteiger partial charge in [-0.05, 0) is 73.7 Å². The van der Waals surface area contributed by atoms with E-state index in [1.54, 1.807) is 20.3 Å². The second kappa shape index (κ2) is 9.50. The molecule has 0 N–H and O–H groups in total. The van der Waals surface area contributed by atoms with Gasteiger partial charge in [0.2, 0.25) is 5.91 Å². The van der Waals surface area contributed by atoms with Crippen molar-refractivity contribution in [1.29, 1.82) is 0 Å². The third-order valence-electron chi connectivity index (χ3n) is 4.97. The molecule has 0 unspecified atom stereocenters. The van der Waals surface area contributed by atoms with Crippen LogP contribution in [0.1, 0.15) is 30.5 Å². The van der Waals surface area contributed by atoms with Gasteiger partial charge in [0.05, 0.1) is 20.3 Å². The summed E-state index contributed by atoms with van der Waals surface area (Å²) in [6, 6.07) is 11.8. The lowest BCUT2D eigenvalue weighted by molar-refractivity contribution is -0.125. The van der Waals surface area contributed by atoms with E-state index < -0.39 is 0 Å². The molecule has 0 radical (unpaired) electrons. The summed E-state index contributed by atoms with van der Waals surface area (Å²) in [6.45, 7) is 5.35. The van der Waals surface area contributed by atoms with Crippen molar-refractivity contribution in [3.05, 3.63) is 59.2 Å². The van der Waals surface area contributed by atoms with Crippen LogP contribution < -0.4 is 14.2 Å². The Balaban J connectivity index is 1.67. The van der Waals surface area contributed by atoms with Crippen LogP contribution in [0.4, 0.5) is 0 Å². The van der Waals surface area contributed by atoms with Gasteiger partial charge in [-0.25, -0.2) is 0 Å². The molecule has 0 atom stereocenters. The number of amides is 1. The standard InChI is InChI=1S/C24H29NO4/c1-17(2)29-21-7-5-6-18(14-21)8-9-24(26)25-12-10-19-15-22(27-3)23(28-4)16-20(19)11-13-25/h5-9,14-17H,10-13H2,1-4H3/b9-8+. The minimum absolute atomic E-state index is 0.0203. The van der Waals surface area contributed by atoms with E-state index in [2.05, 4.69) is 0 Å². The zero-order chi connectivity index (χ0) is 20.8. The first-order valence-corrected chi connectivity index (χ1v) is 9.97. The van der Waals surface area contributed by atoms with Gasteiger partial charge in [0.25, 0.3) is 0 Å². The van der Waals surface area contributed by atoms with E-state index in [1.165, 1.54) is 11.1 Å². The normalized spacial score (nSPS) is 13.9. The molecule has 0 aliphatic carbocycles. The van der Waals surface area contributed by atoms with Gasteiger partial charge in [-0.15, -0.1) is 0 Å². The molecule has 1 aliphatic rings. The molecule has 1 aliphatic heterocycles. The van der Waals surface area contributed by atoms with Crippen LogP contribution in [-0.4, -0.2) is 44.2 Å². The van der Waals surface area contributed by atoms with Crippen LogP contribution in [0.5, 0.6) is 17.2 Å². The highest BCUT2D eigenvalue weighted by atomic mass is 16.5. The molecule has 2 aromatic rings. The summed E-state index contributed by atoms with van der Waals surface area (Å²) in [7, 11) is 3.28. The Kier molecular flexibility index (Phi) is 6.81. The molecule has 5 heteroatoms. The van der Waals surface area contributed by atoms with Gasteiger partial charge < -0.3 is 19.1 Å². The quantitative estimate of drug-likeness (QED) is 0.690. The molecule has 29 heavy (non-hydrogen) atoms. The van der Waals surface area contributed by atoms with Crippen LogP contribution in [-0.2, 0) is 17.6 Å². The van der Waals surface area contributed by atoms with Crippen molar-refractivity contribution in [1.82, 2.24) is 4.90 Å². The number of carbonyl (C=O) groups excluding carboxylic acids is 1. The summed E-state index contributed by atoms with van der Waals surface area (Å²) in [6.07, 6.45) is 5.21. The zero-order valence-electron chi connectivity index (χ0n) is 17.6. The summed E-state index contributed by atoms with van der Waals surface area (Å²) < 4.78 is 16.5. The second-order valence-electron chi connectivity index (χ2n) is 7.37. The smallest absolute Gasteiger partial charge is 0.246 e. The Morgan fingerprint density at radius 3 is 2.17 bits per heavy atom. The van der Waals surface area contributed by atoms with Gasteiger partial charge in [-0.1, -0.05) is 12.1 Å². The average Bonchev–Trinajstić information content (AvgIpc) is 2.92. The van der Waals surface area contributed by atoms with Crippen molar-refractivity contribution in [2.45, 2.75) is 32.8 Å². The van der Waals surface area contributed by atoms with Crippen molar-refractivity contribution in [3.8, 4) is 17.2 Å². The number of rotatable bonds is 6. The minimum atomic E-state index is 0.0203. The summed E-state index contributed by atoms with van der Waals surface area (Å²) in [5, 5.41) is 0. The summed E-state index contributed by atoms with van der Waals surface area (Å²) in [5.74, 6) is 2.29. The highest BCUT2D eigenvalue weighted by Crippen LogP contribution is 2.32. The third-order valence-corrected chi connectivity index (χ3v) is 4.97. The van der Waals surface area contributed by atoms with Crippen molar-refractivity contribution in [2.24, 2.45) is 0 Å². The van der Waals surface area contributed by atoms with Crippen molar-refractivity contribution in [2.75, 3.05) is 27.3 Å². The van der Waals surface area contributed by atoms with Crippen LogP contribution in [0.3, 0.4) is 0 Å². The Morgan fingerprint density at radius 2 is 1.62 bits per heavy atom. The SMILES string of the molecule is COc1cc2c(cc1OC)CCN(C(=O)/C=C/c1cccc(OC(C)C)c1)CC2. The third kappa shape index (κ3) is 5.31. The lowest BCUT2D eigenvalue weighted by Gasteiger charge is -2.18. The maximum absolute atomic E-state index is 12.7. The molecule has 0 saturated carbocycles. The molecule has 0 bridgehead atoms. The molecule has 0 spiro atoms. The van der Waals surface area contributed by atoms with Gasteiger partial charge in [-0.3, -0.25) is 4.79 Å². The lowest BCUT2D eigenvalue weighted by Crippen LogP contribution is -2.31. The molecule has 0 fully saturated rings. The van der Waals surface area contributed by atoms with E-state index in [0.717, 1.165) is 35.7 Å². The first-order chi connectivity index (χ1) is 14.0. The molecule has 5 nitrogen and oxygen atoms in total. The lowest BCUT2D eigenvalue weighted by atomic mass is 10.0. The van der Waals surface area contributed by atoms with Gasteiger partial charge >= 0.3 is 0 Å². The number of carbonyl (C=O) groups is 1. The Hall–Kier alpha value is -2.95. The molecular weight excluding hydrogens is 366 g/mol. The highest BCUT2D eigenvalue weighted by molar-refractivity contribution is 5.91. The summed E-state index contributed by atoms with van der Waals surface area (Å²) in [4.78, 5) is 14.6. The monoisotopic (exact) mass is 395 g/mol. The van der Waals surface area contributed by atoms with Crippen LogP contribution >= 0.6 is 0 Å². The van der Waals surface area contributed by atoms with Crippen LogP contribution in [0.2, 0.25) is 0 Å². The van der Waals surface area contributed by atoms with Gasteiger partial charge in [0.1, 0.15) is 5.75 Å². The maximum Gasteiger partial charge on any atom is 0.246 e. The van der Waals surface area contributed by atoms with E-state index in [9.17, 15) is 4.79 Å². The Labute approximate surface area is 172 Å². The maximum atomic E-state index is 12.7. The molecule has 1 heterocycles. The van der Waals surface area contributed by atoms with Gasteiger partial charge in [-0.2, -0.15) is 0 Å². The molecule has 1 amide bonds. The molecule has 0 aromatic heterocycles. The van der Waals surface area contributed by atoms with E-state index in [0.29, 0.717) is 13.1 Å². The van der Waals surface area contributed by atoms with E-state index in [-0.39, 0.29) is 12.0 Å². The van der Waals surface area contributed by atoms with Gasteiger partial charge in [0.15, 0.2) is 11.5 Å². The number of hydrogen-bond donors (Lipinski definition) is 0. The minimum Gasteiger partial charge on any atom is -0.493 e. The number of fused-ring (bicyclic) bond motifs is 1. The molecule has 3 rings (SSSR count). The van der Waals surface area contributed by atoms with E-state index >= 15 is 0 Å². The highest BCUT2D eigenvalue weighted by Gasteiger charge is 2.19. The summed E-state index contributed by atoms with van der Waals surface area (Å²) in [5.41, 5.74) is 3.37. The molecule has 0 saturated heterocycles. The second-order valence-corrected chi connectivity index (χ2v) is 7.37. The van der Waals surface area contributed by atoms with Crippen LogP contribution in [0.25, 0.3) is 6.08 Å². The van der Waals surface area contributed by atoms with Crippen LogP contribution in [0, 0.1) is 0 Å². The fraction of sp³-hybridized carbons (Fsp3) is 0.375. The zero-order valence-corrected chi connectivity index (χ0v) is 17.6. The molecule has 154 valence electrons. The van der Waals surface area contributed by atoms with Crippen molar-refractivity contribution < 1.29 is 19.0 Å². The largest absolute Gasteiger partial charge is 0.493 e. The Bertz CT molecular complexity index is 853. The fourth-order valence-corrected chi connectivity index (χ4v) is 3.51. The van der Waals surface area contributed by atoms with Crippen molar-refractivity contribution in [3.63, 3.8) is 0 Å². The first kappa shape index (κ1) is 20.8. The van der Waals surface area contributed by atoms with Gasteiger partial charge in [0, 0.05) is 19.2 Å². The average molecular weight is 395 g/mol. The van der Waals surface area contributed by atoms with E-state index in [1.807, 2.05) is 61.2 Å². The first-order valence-electron chi connectivity index (χ1n) is 9.97. The van der Waals surface area contributed by atoms with Crippen molar-refractivity contribution >= 4 is 12.0 Å². The molecular formula is C24H29NO4. The molecule has 2 aromatic carbocycles. The number of nitrogens with zero attached hydrogens (tertiary/aromatic N) is 1. The van der Waals surface area contributed by atoms with E-state index in [4.69, 9.17) is 14.2 Å². The number of hydrogen-bond acceptors (Lipinski definition) is 4. The fourth-order valence-electron chi connectivity index (χ4n) is 3.51. The Morgan fingerprint density at radius 1 is 1.00 bits per heavy atom. The number of ether oxygens (including phenoxy) is 3. The predicted molar refractivity (Wildman–Crippen MR) is 115 cm³/mol. The predicted octanol–water partition coefficient (Wildman–Crippen LogP) is 4.13. The summed E-state index contributed by atoms with van der Waals surface area (Å²) >= 11 is 0.